The van der Waals surface area contributed by atoms with Crippen LogP contribution in [0.15, 0.2) is 43.0 Å². The van der Waals surface area contributed by atoms with E-state index in [1.807, 2.05) is 0 Å². The molecule has 0 radical (unpaired) electrons. The highest BCUT2D eigenvalue weighted by atomic mass is 35.5. The summed E-state index contributed by atoms with van der Waals surface area (Å²) in [4.78, 5) is 21.0. The number of benzene rings is 1. The van der Waals surface area contributed by atoms with E-state index >= 15 is 0 Å². The Hall–Kier alpha value is -2.55. The number of carbonyl (C=O) groups is 1. The van der Waals surface area contributed by atoms with Gasteiger partial charge in [0.25, 0.3) is 0 Å². The zero-order chi connectivity index (χ0) is 21.3. The number of nitrogens with zero attached hydrogens (tertiary/aromatic N) is 4. The Morgan fingerprint density at radius 2 is 2.13 bits per heavy atom. The highest BCUT2D eigenvalue weighted by Gasteiger charge is 2.36. The summed E-state index contributed by atoms with van der Waals surface area (Å²) in [5, 5.41) is 18.0. The molecule has 1 aromatic carbocycles. The molecule has 0 unspecified atom stereocenters. The summed E-state index contributed by atoms with van der Waals surface area (Å²) in [6, 6.07) is 6.09. The van der Waals surface area contributed by atoms with E-state index in [0.717, 1.165) is 5.56 Å². The van der Waals surface area contributed by atoms with Crippen molar-refractivity contribution in [2.75, 3.05) is 5.32 Å². The van der Waals surface area contributed by atoms with E-state index in [9.17, 15) is 14.3 Å². The molecule has 0 aliphatic heterocycles. The average Bonchev–Trinajstić information content (AvgIpc) is 3.33. The maximum Gasteiger partial charge on any atom is 0.218 e. The van der Waals surface area contributed by atoms with Gasteiger partial charge in [-0.3, -0.25) is 9.48 Å². The summed E-state index contributed by atoms with van der Waals surface area (Å²) in [5.74, 6) is -0.188. The number of aliphatic hydroxyl groups excluding tert-OH is 1. The van der Waals surface area contributed by atoms with Crippen molar-refractivity contribution < 1.29 is 14.3 Å². The van der Waals surface area contributed by atoms with E-state index in [4.69, 9.17) is 23.2 Å². The first-order valence-corrected chi connectivity index (χ1v) is 10.1. The van der Waals surface area contributed by atoms with Crippen LogP contribution < -0.4 is 5.32 Å². The van der Waals surface area contributed by atoms with Crippen molar-refractivity contribution in [2.24, 2.45) is 0 Å². The summed E-state index contributed by atoms with van der Waals surface area (Å²) in [5.41, 5.74) is 1.14. The van der Waals surface area contributed by atoms with Gasteiger partial charge < -0.3 is 10.4 Å². The molecule has 3 atom stereocenters. The fourth-order valence-corrected chi connectivity index (χ4v) is 3.79. The fourth-order valence-electron chi connectivity index (χ4n) is 3.42. The topological polar surface area (TPSA) is 92.9 Å². The van der Waals surface area contributed by atoms with Gasteiger partial charge in [-0.15, -0.1) is 0 Å². The van der Waals surface area contributed by atoms with Crippen molar-refractivity contribution in [1.29, 1.82) is 0 Å². The lowest BCUT2D eigenvalue weighted by molar-refractivity contribution is 0.0993. The molecule has 1 fully saturated rings. The van der Waals surface area contributed by atoms with Crippen LogP contribution in [0, 0.1) is 0 Å². The largest absolute Gasteiger partial charge is 0.390 e. The first-order chi connectivity index (χ1) is 14.4. The van der Waals surface area contributed by atoms with Gasteiger partial charge in [0.1, 0.15) is 24.0 Å². The lowest BCUT2D eigenvalue weighted by atomic mass is 10.1. The van der Waals surface area contributed by atoms with Gasteiger partial charge in [-0.2, -0.15) is 5.10 Å². The standard InChI is InChI=1S/C20H18Cl2FN5O2/c21-12-1-2-14(22)11(7-12)9-28-6-5-16(27-28)19(30)13-8-24-10-25-20(13)26-15-3-4-17(29)18(15)23/h1-2,5-8,10,15,17-18,29H,3-4,9H2,(H,24,25,26)/t15-,17-,18-/m1/s1. The quantitative estimate of drug-likeness (QED) is 0.559. The molecule has 2 heterocycles. The number of anilines is 1. The molecule has 1 aliphatic carbocycles. The molecule has 0 amide bonds. The lowest BCUT2D eigenvalue weighted by Crippen LogP contribution is -2.31. The number of alkyl halides is 1. The molecule has 0 spiro atoms. The number of ketones is 1. The van der Waals surface area contributed by atoms with Crippen molar-refractivity contribution in [3.8, 4) is 0 Å². The molecular weight excluding hydrogens is 432 g/mol. The Bertz CT molecular complexity index is 1080. The van der Waals surface area contributed by atoms with Gasteiger partial charge in [0.05, 0.1) is 24.3 Å². The van der Waals surface area contributed by atoms with E-state index < -0.39 is 24.1 Å². The lowest BCUT2D eigenvalue weighted by Gasteiger charge is -2.18. The van der Waals surface area contributed by atoms with Crippen molar-refractivity contribution in [3.63, 3.8) is 0 Å². The summed E-state index contributed by atoms with van der Waals surface area (Å²) < 4.78 is 15.7. The van der Waals surface area contributed by atoms with Gasteiger partial charge in [-0.1, -0.05) is 23.2 Å². The summed E-state index contributed by atoms with van der Waals surface area (Å²) in [6.07, 6.45) is 2.65. The number of aliphatic hydroxyl groups is 1. The second kappa shape index (κ2) is 8.67. The predicted octanol–water partition coefficient (Wildman–Crippen LogP) is 3.53. The van der Waals surface area contributed by atoms with Crippen LogP contribution in [0.25, 0.3) is 0 Å². The van der Waals surface area contributed by atoms with Crippen LogP contribution in [0.3, 0.4) is 0 Å². The van der Waals surface area contributed by atoms with E-state index in [1.165, 1.54) is 12.5 Å². The van der Waals surface area contributed by atoms with Crippen LogP contribution in [0.1, 0.15) is 34.5 Å². The number of hydrogen-bond acceptors (Lipinski definition) is 6. The molecule has 2 aromatic heterocycles. The first kappa shape index (κ1) is 20.7. The Kier molecular flexibility index (Phi) is 5.99. The van der Waals surface area contributed by atoms with E-state index in [1.54, 1.807) is 35.1 Å². The van der Waals surface area contributed by atoms with Crippen LogP contribution in [0.2, 0.25) is 10.0 Å². The molecule has 0 saturated heterocycles. The molecule has 1 aliphatic rings. The van der Waals surface area contributed by atoms with Gasteiger partial charge in [0.15, 0.2) is 0 Å². The smallest absolute Gasteiger partial charge is 0.218 e. The first-order valence-electron chi connectivity index (χ1n) is 9.33. The van der Waals surface area contributed by atoms with Crippen LogP contribution in [0.5, 0.6) is 0 Å². The summed E-state index contributed by atoms with van der Waals surface area (Å²) >= 11 is 12.2. The Labute approximate surface area is 181 Å². The molecule has 3 aromatic rings. The highest BCUT2D eigenvalue weighted by Crippen LogP contribution is 2.27. The van der Waals surface area contributed by atoms with Gasteiger partial charge >= 0.3 is 0 Å². The third-order valence-corrected chi connectivity index (χ3v) is 5.62. The molecule has 156 valence electrons. The molecular formula is C20H18Cl2FN5O2. The number of aromatic nitrogens is 4. The van der Waals surface area contributed by atoms with Gasteiger partial charge in [0.2, 0.25) is 5.78 Å². The summed E-state index contributed by atoms with van der Waals surface area (Å²) in [6.45, 7) is 0.340. The third-order valence-electron chi connectivity index (χ3n) is 5.02. The zero-order valence-electron chi connectivity index (χ0n) is 15.7. The van der Waals surface area contributed by atoms with Gasteiger partial charge in [-0.05, 0) is 42.7 Å². The monoisotopic (exact) mass is 449 g/mol. The zero-order valence-corrected chi connectivity index (χ0v) is 17.2. The number of carbonyl (C=O) groups excluding carboxylic acids is 1. The van der Waals surface area contributed by atoms with E-state index in [0.29, 0.717) is 29.4 Å². The van der Waals surface area contributed by atoms with Crippen molar-refractivity contribution in [3.05, 3.63) is 69.9 Å². The normalized spacial score (nSPS) is 21.0. The molecule has 2 N–H and O–H groups in total. The Balaban J connectivity index is 1.54. The molecule has 4 rings (SSSR count). The number of halogens is 3. The molecule has 0 bridgehead atoms. The highest BCUT2D eigenvalue weighted by molar-refractivity contribution is 6.33. The maximum atomic E-state index is 14.1. The Morgan fingerprint density at radius 3 is 2.90 bits per heavy atom. The molecule has 30 heavy (non-hydrogen) atoms. The van der Waals surface area contributed by atoms with Crippen LogP contribution in [0.4, 0.5) is 10.2 Å². The predicted molar refractivity (Wildman–Crippen MR) is 111 cm³/mol. The SMILES string of the molecule is O=C(c1ccn(Cc2cc(Cl)ccc2Cl)n1)c1cncnc1N[C@@H]1CC[C@@H](O)[C@@H]1F. The van der Waals surface area contributed by atoms with E-state index in [2.05, 4.69) is 20.4 Å². The van der Waals surface area contributed by atoms with Crippen molar-refractivity contribution in [2.45, 2.75) is 37.7 Å². The van der Waals surface area contributed by atoms with Gasteiger partial charge in [0, 0.05) is 22.4 Å². The van der Waals surface area contributed by atoms with Crippen molar-refractivity contribution in [1.82, 2.24) is 19.7 Å². The minimum atomic E-state index is -1.43. The van der Waals surface area contributed by atoms with Gasteiger partial charge in [-0.25, -0.2) is 14.4 Å². The second-order valence-electron chi connectivity index (χ2n) is 7.09. The van der Waals surface area contributed by atoms with Crippen LogP contribution >= 0.6 is 23.2 Å². The van der Waals surface area contributed by atoms with Crippen molar-refractivity contribution >= 4 is 34.8 Å². The number of rotatable bonds is 6. The minimum absolute atomic E-state index is 0.178. The number of nitrogens with one attached hydrogen (secondary N) is 1. The fraction of sp³-hybridized carbons (Fsp3) is 0.300. The number of hydrogen-bond donors (Lipinski definition) is 2. The third kappa shape index (κ3) is 4.30. The average molecular weight is 450 g/mol. The summed E-state index contributed by atoms with van der Waals surface area (Å²) in [7, 11) is 0. The second-order valence-corrected chi connectivity index (χ2v) is 7.93. The van der Waals surface area contributed by atoms with E-state index in [-0.39, 0.29) is 17.1 Å². The molecule has 1 saturated carbocycles. The Morgan fingerprint density at radius 1 is 1.30 bits per heavy atom. The molecule has 7 nitrogen and oxygen atoms in total. The van der Waals surface area contributed by atoms with Crippen LogP contribution in [-0.4, -0.2) is 49.0 Å². The maximum absolute atomic E-state index is 14.1. The van der Waals surface area contributed by atoms with Crippen LogP contribution in [-0.2, 0) is 6.54 Å². The molecule has 10 heteroatoms. The minimum Gasteiger partial charge on any atom is -0.390 e.